The Kier molecular flexibility index (Phi) is 4.01. The molecule has 0 saturated carbocycles. The minimum absolute atomic E-state index is 0.166. The number of thiazole rings is 1. The quantitative estimate of drug-likeness (QED) is 0.804. The Morgan fingerprint density at radius 3 is 2.88 bits per heavy atom. The summed E-state index contributed by atoms with van der Waals surface area (Å²) in [4.78, 5) is 17.1. The van der Waals surface area contributed by atoms with Gasteiger partial charge >= 0.3 is 0 Å². The number of carbonyl (C=O) groups is 1. The number of hydrogen-bond donors (Lipinski definition) is 1. The Hall–Kier alpha value is -0.660. The molecule has 1 amide bonds. The topological polar surface area (TPSA) is 42.0 Å². The molecule has 0 unspecified atom stereocenters. The molecule has 17 heavy (non-hydrogen) atoms. The molecule has 1 N–H and O–H groups in total. The Morgan fingerprint density at radius 2 is 2.29 bits per heavy atom. The van der Waals surface area contributed by atoms with E-state index in [1.165, 1.54) is 11.3 Å². The largest absolute Gasteiger partial charge is 0.298 e. The molecule has 0 atom stereocenters. The third kappa shape index (κ3) is 3.17. The van der Waals surface area contributed by atoms with Crippen LogP contribution in [-0.2, 0) is 0 Å². The lowest BCUT2D eigenvalue weighted by molar-refractivity contribution is 0.102. The van der Waals surface area contributed by atoms with E-state index in [-0.39, 0.29) is 5.91 Å². The van der Waals surface area contributed by atoms with E-state index in [1.807, 2.05) is 6.92 Å². The SMILES string of the molecule is Cc1cnc(NC(=O)c2ccc(Cl)cc2I)s1. The molecule has 0 aliphatic heterocycles. The number of carbonyl (C=O) groups excluding carboxylic acids is 1. The summed E-state index contributed by atoms with van der Waals surface area (Å²) in [5.41, 5.74) is 0.600. The molecule has 2 rings (SSSR count). The van der Waals surface area contributed by atoms with Crippen LogP contribution in [0, 0.1) is 10.5 Å². The molecule has 0 aliphatic carbocycles. The van der Waals surface area contributed by atoms with Crippen molar-refractivity contribution < 1.29 is 4.79 Å². The highest BCUT2D eigenvalue weighted by Gasteiger charge is 2.11. The fourth-order valence-electron chi connectivity index (χ4n) is 1.25. The number of nitrogens with zero attached hydrogens (tertiary/aromatic N) is 1. The number of nitrogens with one attached hydrogen (secondary N) is 1. The van der Waals surface area contributed by atoms with Crippen LogP contribution in [0.1, 0.15) is 15.2 Å². The minimum Gasteiger partial charge on any atom is -0.298 e. The first kappa shape index (κ1) is 12.8. The number of rotatable bonds is 2. The van der Waals surface area contributed by atoms with Crippen LogP contribution in [0.15, 0.2) is 24.4 Å². The maximum Gasteiger partial charge on any atom is 0.258 e. The summed E-state index contributed by atoms with van der Waals surface area (Å²) in [7, 11) is 0. The van der Waals surface area contributed by atoms with Crippen molar-refractivity contribution in [3.63, 3.8) is 0 Å². The zero-order valence-electron chi connectivity index (χ0n) is 8.83. The monoisotopic (exact) mass is 378 g/mol. The molecule has 1 heterocycles. The van der Waals surface area contributed by atoms with Crippen LogP contribution >= 0.6 is 45.5 Å². The fourth-order valence-corrected chi connectivity index (χ4v) is 3.03. The zero-order chi connectivity index (χ0) is 12.4. The number of aryl methyl sites for hydroxylation is 1. The molecule has 88 valence electrons. The van der Waals surface area contributed by atoms with E-state index in [0.717, 1.165) is 8.45 Å². The van der Waals surface area contributed by atoms with Crippen LogP contribution in [0.3, 0.4) is 0 Å². The first-order valence-corrected chi connectivity index (χ1v) is 7.02. The summed E-state index contributed by atoms with van der Waals surface area (Å²) >= 11 is 9.37. The summed E-state index contributed by atoms with van der Waals surface area (Å²) in [5, 5.41) is 3.99. The Labute approximate surface area is 121 Å². The number of halogens is 2. The van der Waals surface area contributed by atoms with Crippen molar-refractivity contribution in [2.45, 2.75) is 6.92 Å². The van der Waals surface area contributed by atoms with E-state index in [1.54, 1.807) is 24.4 Å². The number of aromatic nitrogens is 1. The lowest BCUT2D eigenvalue weighted by Crippen LogP contribution is -2.13. The van der Waals surface area contributed by atoms with Gasteiger partial charge in [0, 0.05) is 19.7 Å². The van der Waals surface area contributed by atoms with E-state index in [0.29, 0.717) is 15.7 Å². The van der Waals surface area contributed by atoms with Gasteiger partial charge in [-0.1, -0.05) is 11.6 Å². The lowest BCUT2D eigenvalue weighted by Gasteiger charge is -2.04. The van der Waals surface area contributed by atoms with Gasteiger partial charge in [0.25, 0.3) is 5.91 Å². The third-order valence-electron chi connectivity index (χ3n) is 2.02. The summed E-state index contributed by atoms with van der Waals surface area (Å²) in [6.45, 7) is 1.94. The van der Waals surface area contributed by atoms with Crippen molar-refractivity contribution >= 4 is 56.6 Å². The van der Waals surface area contributed by atoms with Gasteiger partial charge in [-0.15, -0.1) is 11.3 Å². The summed E-state index contributed by atoms with van der Waals surface area (Å²) in [5.74, 6) is -0.166. The van der Waals surface area contributed by atoms with Crippen LogP contribution in [0.4, 0.5) is 5.13 Å². The third-order valence-corrected chi connectivity index (χ3v) is 3.97. The smallest absolute Gasteiger partial charge is 0.258 e. The molecular weight excluding hydrogens is 371 g/mol. The van der Waals surface area contributed by atoms with Crippen LogP contribution in [0.25, 0.3) is 0 Å². The molecule has 6 heteroatoms. The standard InChI is InChI=1S/C11H8ClIN2OS/c1-6-5-14-11(17-6)15-10(16)8-3-2-7(12)4-9(8)13/h2-5H,1H3,(H,14,15,16). The van der Waals surface area contributed by atoms with E-state index in [4.69, 9.17) is 11.6 Å². The molecule has 3 nitrogen and oxygen atoms in total. The van der Waals surface area contributed by atoms with Crippen LogP contribution in [0.2, 0.25) is 5.02 Å². The highest BCUT2D eigenvalue weighted by atomic mass is 127. The number of anilines is 1. The van der Waals surface area contributed by atoms with E-state index in [9.17, 15) is 4.79 Å². The van der Waals surface area contributed by atoms with Crippen molar-refractivity contribution in [1.82, 2.24) is 4.98 Å². The van der Waals surface area contributed by atoms with Gasteiger partial charge in [-0.05, 0) is 47.7 Å². The highest BCUT2D eigenvalue weighted by molar-refractivity contribution is 14.1. The van der Waals surface area contributed by atoms with E-state index in [2.05, 4.69) is 32.9 Å². The second-order valence-corrected chi connectivity index (χ2v) is 6.19. The van der Waals surface area contributed by atoms with Gasteiger partial charge in [0.05, 0.1) is 5.56 Å². The van der Waals surface area contributed by atoms with Gasteiger partial charge in [-0.3, -0.25) is 10.1 Å². The minimum atomic E-state index is -0.166. The predicted molar refractivity (Wildman–Crippen MR) is 79.0 cm³/mol. The highest BCUT2D eigenvalue weighted by Crippen LogP contribution is 2.21. The van der Waals surface area contributed by atoms with Crippen molar-refractivity contribution in [2.24, 2.45) is 0 Å². The molecule has 0 aliphatic rings. The summed E-state index contributed by atoms with van der Waals surface area (Å²) < 4.78 is 0.820. The number of benzene rings is 1. The Morgan fingerprint density at radius 1 is 1.53 bits per heavy atom. The van der Waals surface area contributed by atoms with E-state index < -0.39 is 0 Å². The normalized spacial score (nSPS) is 10.3. The predicted octanol–water partition coefficient (Wildman–Crippen LogP) is 3.96. The first-order chi connectivity index (χ1) is 8.06. The van der Waals surface area contributed by atoms with Gasteiger partial charge in [0.1, 0.15) is 0 Å². The maximum absolute atomic E-state index is 12.0. The average molecular weight is 379 g/mol. The Balaban J connectivity index is 2.20. The molecule has 2 aromatic rings. The van der Waals surface area contributed by atoms with Crippen LogP contribution in [-0.4, -0.2) is 10.9 Å². The van der Waals surface area contributed by atoms with Gasteiger partial charge in [-0.2, -0.15) is 0 Å². The second kappa shape index (κ2) is 5.32. The first-order valence-electron chi connectivity index (χ1n) is 4.75. The van der Waals surface area contributed by atoms with Gasteiger partial charge in [0.2, 0.25) is 0 Å². The second-order valence-electron chi connectivity index (χ2n) is 3.35. The summed E-state index contributed by atoms with van der Waals surface area (Å²) in [6, 6.07) is 5.16. The van der Waals surface area contributed by atoms with Crippen molar-refractivity contribution in [3.8, 4) is 0 Å². The molecule has 1 aromatic carbocycles. The number of hydrogen-bond acceptors (Lipinski definition) is 3. The van der Waals surface area contributed by atoms with Crippen molar-refractivity contribution in [1.29, 1.82) is 0 Å². The molecule has 0 bridgehead atoms. The Bertz CT molecular complexity index is 570. The fraction of sp³-hybridized carbons (Fsp3) is 0.0909. The van der Waals surface area contributed by atoms with Crippen LogP contribution in [0.5, 0.6) is 0 Å². The van der Waals surface area contributed by atoms with E-state index >= 15 is 0 Å². The molecular formula is C11H8ClIN2OS. The molecule has 0 fully saturated rings. The molecule has 0 saturated heterocycles. The molecule has 1 aromatic heterocycles. The number of amides is 1. The summed E-state index contributed by atoms with van der Waals surface area (Å²) in [6.07, 6.45) is 1.73. The average Bonchev–Trinajstić information content (AvgIpc) is 2.63. The van der Waals surface area contributed by atoms with Crippen LogP contribution < -0.4 is 5.32 Å². The van der Waals surface area contributed by atoms with Crippen molar-refractivity contribution in [2.75, 3.05) is 5.32 Å². The lowest BCUT2D eigenvalue weighted by atomic mass is 10.2. The van der Waals surface area contributed by atoms with Gasteiger partial charge in [-0.25, -0.2) is 4.98 Å². The molecule has 0 spiro atoms. The zero-order valence-corrected chi connectivity index (χ0v) is 12.6. The molecule has 0 radical (unpaired) electrons. The van der Waals surface area contributed by atoms with Gasteiger partial charge < -0.3 is 0 Å². The maximum atomic E-state index is 12.0. The van der Waals surface area contributed by atoms with Gasteiger partial charge in [0.15, 0.2) is 5.13 Å². The van der Waals surface area contributed by atoms with Crippen molar-refractivity contribution in [3.05, 3.63) is 43.4 Å².